The first-order valence-corrected chi connectivity index (χ1v) is 48.6. The molecule has 17 aromatic rings. The van der Waals surface area contributed by atoms with Crippen molar-refractivity contribution in [3.8, 4) is 124 Å². The van der Waals surface area contributed by atoms with Crippen LogP contribution in [0.5, 0.6) is 0 Å². The molecule has 0 fully saturated rings. The molecule has 0 aliphatic rings. The summed E-state index contributed by atoms with van der Waals surface area (Å²) in [6.07, 6.45) is 12.5. The molecule has 0 N–H and O–H groups in total. The SMILES string of the molecule is CCCCCCc1cc(C)c(-n2c(-c3[c-]ccc(-c4cc(-c5ccc(C)cc5)cc(-c5ccc(C(C)(C)C)cc5)c4)c3)nnc2C(C)C)c(C)c1.CCCCCCc1cc(C)c(-n2c(-c3[c-]cccc3)nnc2-c2c(C)cccc2C)c(C)c1.Cc1cc(-c2ccccc2)cc(C)c1-n1c(-c2[c-]cccc2)nnc1C(C)C.Cc1cc(C)c(-n2c(-c3[c-]cccc3)nnc2C(C)C)c(C)c1.[Ir].[Ir].[Ir].[Ir]. The van der Waals surface area contributed by atoms with E-state index in [-0.39, 0.29) is 97.7 Å². The summed E-state index contributed by atoms with van der Waals surface area (Å²) in [6, 6.07) is 104. The number of hydrogen-bond donors (Lipinski definition) is 0. The second-order valence-corrected chi connectivity index (χ2v) is 38.7. The zero-order valence-electron chi connectivity index (χ0n) is 85.3. The van der Waals surface area contributed by atoms with Crippen LogP contribution in [0.4, 0.5) is 0 Å². The van der Waals surface area contributed by atoms with Crippen molar-refractivity contribution in [1.82, 2.24) is 59.1 Å². The number of nitrogens with zero attached hydrogens (tertiary/aromatic N) is 12. The van der Waals surface area contributed by atoms with Crippen molar-refractivity contribution < 1.29 is 80.4 Å². The predicted octanol–water partition coefficient (Wildman–Crippen LogP) is 31.9. The molecule has 4 aromatic heterocycles. The van der Waals surface area contributed by atoms with Crippen LogP contribution in [0.2, 0.25) is 0 Å². The van der Waals surface area contributed by atoms with Crippen molar-refractivity contribution in [3.63, 3.8) is 0 Å². The van der Waals surface area contributed by atoms with Crippen molar-refractivity contribution >= 4 is 0 Å². The van der Waals surface area contributed by atoms with Crippen LogP contribution in [-0.4, -0.2) is 59.1 Å². The van der Waals surface area contributed by atoms with Gasteiger partial charge in [-0.2, -0.15) is 20.4 Å². The van der Waals surface area contributed by atoms with E-state index >= 15 is 0 Å². The Morgan fingerprint density at radius 3 is 0.978 bits per heavy atom. The maximum atomic E-state index is 4.84. The van der Waals surface area contributed by atoms with Crippen LogP contribution in [0.3, 0.4) is 0 Å². The largest absolute Gasteiger partial charge is 0.319 e. The van der Waals surface area contributed by atoms with Gasteiger partial charge in [-0.05, 0) is 256 Å². The molecule has 0 saturated carbocycles. The van der Waals surface area contributed by atoms with Crippen LogP contribution in [0.25, 0.3) is 124 Å². The number of rotatable bonds is 26. The molecule has 13 aromatic carbocycles. The summed E-state index contributed by atoms with van der Waals surface area (Å²) >= 11 is 0. The molecule has 16 heteroatoms. The van der Waals surface area contributed by atoms with E-state index in [4.69, 9.17) is 15.3 Å². The maximum absolute atomic E-state index is 4.84. The molecule has 12 nitrogen and oxygen atoms in total. The van der Waals surface area contributed by atoms with Crippen molar-refractivity contribution in [2.75, 3.05) is 0 Å². The van der Waals surface area contributed by atoms with E-state index < -0.39 is 0 Å². The Morgan fingerprint density at radius 2 is 0.590 bits per heavy atom. The first-order valence-electron chi connectivity index (χ1n) is 48.6. The standard InChI is InChI=1S/C48H54N3.C30H34N3.C25H24N3.C20H22N3.4Ir/c1-10-11-12-13-15-36-26-34(5)45(35(6)27-36)51-46(32(2)3)49-50-47(51)40-17-14-16-39(28-40)43-30-41(37-20-18-33(4)19-21-37)29-42(31-43)38-22-24-44(25-23-38)48(7,8)9;1-6-7-8-10-16-25-19-23(4)28(24(5)20-25)33-29(26-17-11-9-12-18-26)31-32-30(33)27-21(2)14-13-15-22(27)3;1-17(2)24-26-27-25(21-13-9-6-10-14-21)28(24)23-18(3)15-22(16-19(23)4)20-11-7-5-8-12-20;1-13(2)19-21-22-20(17-9-7-6-8-10-17)23(19)18-15(4)11-14(3)12-16(18)5;;;;/h14,16,18-32H,10-13,15H2,1-9H3;9,11-15,17,19-20H,6-8,10,16H2,1-5H3;5-13,15-17H,1-4H3;6-9,11-13H,1-5H3;;;;/q4*-1;;;;. The zero-order valence-corrected chi connectivity index (χ0v) is 94.8. The fraction of sp³-hybridized carbons (Fsp3) is 0.301. The van der Waals surface area contributed by atoms with Gasteiger partial charge in [0.2, 0.25) is 0 Å². The summed E-state index contributed by atoms with van der Waals surface area (Å²) in [5.74, 6) is 7.90. The fourth-order valence-corrected chi connectivity index (χ4v) is 18.8. The van der Waals surface area contributed by atoms with Gasteiger partial charge in [0.05, 0.1) is 23.3 Å². The molecule has 0 saturated heterocycles. The summed E-state index contributed by atoms with van der Waals surface area (Å²) in [6.45, 7) is 50.4. The molecule has 0 bridgehead atoms. The molecule has 0 amide bonds. The number of unbranched alkanes of at least 4 members (excludes halogenated alkanes) is 6. The quantitative estimate of drug-likeness (QED) is 0.0388. The van der Waals surface area contributed by atoms with Crippen LogP contribution in [0, 0.1) is 107 Å². The van der Waals surface area contributed by atoms with Gasteiger partial charge in [-0.15, -0.1) is 163 Å². The van der Waals surface area contributed by atoms with Gasteiger partial charge < -0.3 is 18.3 Å². The Kier molecular flexibility index (Phi) is 39.9. The Morgan fingerprint density at radius 1 is 0.259 bits per heavy atom. The molecular formula is C123H134Ir4N12-4. The van der Waals surface area contributed by atoms with Gasteiger partial charge in [0.15, 0.2) is 5.82 Å². The molecule has 4 radical (unpaired) electrons. The fourth-order valence-electron chi connectivity index (χ4n) is 18.8. The first-order chi connectivity index (χ1) is 65.0. The third kappa shape index (κ3) is 26.2. The van der Waals surface area contributed by atoms with E-state index in [1.807, 2.05) is 78.9 Å². The molecule has 0 atom stereocenters. The predicted molar refractivity (Wildman–Crippen MR) is 563 cm³/mol. The molecule has 0 unspecified atom stereocenters. The number of aryl methyl sites for hydroxylation is 14. The van der Waals surface area contributed by atoms with Gasteiger partial charge in [0, 0.05) is 126 Å². The van der Waals surface area contributed by atoms with Gasteiger partial charge in [-0.1, -0.05) is 259 Å². The third-order valence-electron chi connectivity index (χ3n) is 25.5. The molecular weight excluding hydrogens is 2410 g/mol. The molecule has 139 heavy (non-hydrogen) atoms. The third-order valence-corrected chi connectivity index (χ3v) is 25.5. The van der Waals surface area contributed by atoms with Crippen LogP contribution in [0.1, 0.15) is 246 Å². The molecule has 17 rings (SSSR count). The van der Waals surface area contributed by atoms with Gasteiger partial charge in [-0.3, -0.25) is 0 Å². The summed E-state index contributed by atoms with van der Waals surface area (Å²) in [5.41, 5.74) is 38.3. The minimum atomic E-state index is 0. The Hall–Kier alpha value is -11.0. The Labute approximate surface area is 882 Å². The Bertz CT molecular complexity index is 6780. The minimum absolute atomic E-state index is 0. The topological polar surface area (TPSA) is 123 Å². The first kappa shape index (κ1) is 110. The van der Waals surface area contributed by atoms with E-state index in [0.717, 1.165) is 104 Å². The zero-order chi connectivity index (χ0) is 95.9. The summed E-state index contributed by atoms with van der Waals surface area (Å²) in [7, 11) is 0. The number of hydrogen-bond acceptors (Lipinski definition) is 8. The van der Waals surface area contributed by atoms with Gasteiger partial charge in [-0.25, -0.2) is 0 Å². The summed E-state index contributed by atoms with van der Waals surface area (Å²) in [4.78, 5) is 0. The van der Waals surface area contributed by atoms with E-state index in [2.05, 4.69) is 403 Å². The van der Waals surface area contributed by atoms with Crippen molar-refractivity contribution in [3.05, 3.63) is 380 Å². The van der Waals surface area contributed by atoms with Crippen LogP contribution >= 0.6 is 0 Å². The van der Waals surface area contributed by atoms with Gasteiger partial charge in [0.25, 0.3) is 0 Å². The van der Waals surface area contributed by atoms with Crippen molar-refractivity contribution in [2.24, 2.45) is 0 Å². The average Bonchev–Trinajstić information content (AvgIpc) is 1.72. The molecule has 0 aliphatic heterocycles. The number of aromatic nitrogens is 12. The van der Waals surface area contributed by atoms with Crippen LogP contribution < -0.4 is 0 Å². The van der Waals surface area contributed by atoms with Gasteiger partial charge in [0.1, 0.15) is 17.5 Å². The molecule has 0 spiro atoms. The monoisotopic (exact) mass is 2550 g/mol. The average molecular weight is 2550 g/mol. The summed E-state index contributed by atoms with van der Waals surface area (Å²) in [5, 5.41) is 37.0. The normalized spacial score (nSPS) is 11.1. The molecule has 4 heterocycles. The van der Waals surface area contributed by atoms with Crippen LogP contribution in [0.15, 0.2) is 255 Å². The van der Waals surface area contributed by atoms with E-state index in [1.54, 1.807) is 0 Å². The van der Waals surface area contributed by atoms with E-state index in [1.165, 1.54) is 185 Å². The molecule has 726 valence electrons. The summed E-state index contributed by atoms with van der Waals surface area (Å²) < 4.78 is 8.93. The van der Waals surface area contributed by atoms with Crippen molar-refractivity contribution in [2.45, 2.75) is 247 Å². The second kappa shape index (κ2) is 50.4. The molecule has 0 aliphatic carbocycles. The van der Waals surface area contributed by atoms with Crippen molar-refractivity contribution in [1.29, 1.82) is 0 Å². The number of benzene rings is 13. The Balaban J connectivity index is 0.000000198. The van der Waals surface area contributed by atoms with Gasteiger partial charge >= 0.3 is 0 Å². The second-order valence-electron chi connectivity index (χ2n) is 38.7. The van der Waals surface area contributed by atoms with Crippen LogP contribution in [-0.2, 0) is 98.7 Å². The maximum Gasteiger partial charge on any atom is 0.159 e. The van der Waals surface area contributed by atoms with E-state index in [9.17, 15) is 0 Å². The smallest absolute Gasteiger partial charge is 0.159 e. The minimum Gasteiger partial charge on any atom is -0.319 e. The van der Waals surface area contributed by atoms with E-state index in [0.29, 0.717) is 5.92 Å².